The molecule has 1 aliphatic heterocycles. The molecule has 3 nitrogen and oxygen atoms in total. The summed E-state index contributed by atoms with van der Waals surface area (Å²) in [7, 11) is 0. The zero-order valence-corrected chi connectivity index (χ0v) is 12.5. The molecule has 0 bridgehead atoms. The van der Waals surface area contributed by atoms with Crippen molar-refractivity contribution in [1.82, 2.24) is 5.32 Å². The molecule has 1 unspecified atom stereocenters. The highest BCUT2D eigenvalue weighted by Crippen LogP contribution is 2.30. The molecule has 1 aliphatic rings. The summed E-state index contributed by atoms with van der Waals surface area (Å²) in [4.78, 5) is 14.4. The van der Waals surface area contributed by atoms with Crippen LogP contribution in [-0.2, 0) is 4.79 Å². The van der Waals surface area contributed by atoms with Crippen LogP contribution in [0.5, 0.6) is 0 Å². The van der Waals surface area contributed by atoms with Crippen LogP contribution in [0.25, 0.3) is 0 Å². The van der Waals surface area contributed by atoms with Crippen molar-refractivity contribution in [2.75, 3.05) is 11.4 Å². The average Bonchev–Trinajstić information content (AvgIpc) is 2.33. The van der Waals surface area contributed by atoms with Crippen LogP contribution in [0.2, 0.25) is 0 Å². The number of nitrogens with zero attached hydrogens (tertiary/aromatic N) is 1. The Balaban J connectivity index is 2.42. The van der Waals surface area contributed by atoms with E-state index < -0.39 is 0 Å². The van der Waals surface area contributed by atoms with Crippen LogP contribution in [-0.4, -0.2) is 24.0 Å². The predicted molar refractivity (Wildman–Crippen MR) is 79.6 cm³/mol. The van der Waals surface area contributed by atoms with Crippen molar-refractivity contribution in [3.05, 3.63) is 29.8 Å². The minimum atomic E-state index is -0.135. The van der Waals surface area contributed by atoms with Gasteiger partial charge in [-0.15, -0.1) is 0 Å². The second kappa shape index (κ2) is 4.97. The fourth-order valence-corrected chi connectivity index (χ4v) is 2.83. The first-order valence-corrected chi connectivity index (χ1v) is 7.00. The molecule has 1 aromatic carbocycles. The number of piperazine rings is 1. The van der Waals surface area contributed by atoms with Gasteiger partial charge in [-0.25, -0.2) is 0 Å². The summed E-state index contributed by atoms with van der Waals surface area (Å²) in [6.07, 6.45) is 0. The summed E-state index contributed by atoms with van der Waals surface area (Å²) in [5.74, 6) is 0.574. The van der Waals surface area contributed by atoms with Crippen molar-refractivity contribution >= 4 is 11.6 Å². The zero-order chi connectivity index (χ0) is 14.2. The molecule has 104 valence electrons. The molecule has 1 fully saturated rings. The van der Waals surface area contributed by atoms with E-state index in [1.807, 2.05) is 24.0 Å². The van der Waals surface area contributed by atoms with Gasteiger partial charge in [-0.05, 0) is 38.3 Å². The van der Waals surface area contributed by atoms with Gasteiger partial charge in [0.15, 0.2) is 0 Å². The van der Waals surface area contributed by atoms with E-state index in [1.54, 1.807) is 0 Å². The third-order valence-corrected chi connectivity index (χ3v) is 3.65. The average molecular weight is 260 g/mol. The minimum absolute atomic E-state index is 0.0581. The molecular formula is C16H24N2O. The highest BCUT2D eigenvalue weighted by atomic mass is 16.2. The van der Waals surface area contributed by atoms with Gasteiger partial charge in [0.05, 0.1) is 6.04 Å². The van der Waals surface area contributed by atoms with Crippen molar-refractivity contribution in [2.45, 2.75) is 52.1 Å². The number of nitrogens with one attached hydrogen (secondary N) is 1. The number of carbonyl (C=O) groups is 1. The maximum Gasteiger partial charge on any atom is 0.243 e. The standard InChI is InChI=1S/C16H24N2O/c1-11(2)13-8-6-7-9-14(13)18-10-16(4,5)17-12(3)15(18)19/h6-9,11-12,17H,10H2,1-5H3. The van der Waals surface area contributed by atoms with Crippen molar-refractivity contribution in [3.8, 4) is 0 Å². The molecule has 0 saturated carbocycles. The van der Waals surface area contributed by atoms with Crippen LogP contribution < -0.4 is 10.2 Å². The smallest absolute Gasteiger partial charge is 0.243 e. The van der Waals surface area contributed by atoms with Crippen LogP contribution in [0, 0.1) is 0 Å². The van der Waals surface area contributed by atoms with Gasteiger partial charge < -0.3 is 4.90 Å². The molecule has 0 aromatic heterocycles. The maximum absolute atomic E-state index is 12.5. The molecular weight excluding hydrogens is 236 g/mol. The predicted octanol–water partition coefficient (Wildman–Crippen LogP) is 2.91. The molecule has 0 spiro atoms. The molecule has 1 N–H and O–H groups in total. The topological polar surface area (TPSA) is 32.3 Å². The molecule has 1 saturated heterocycles. The van der Waals surface area contributed by atoms with E-state index >= 15 is 0 Å². The third kappa shape index (κ3) is 2.81. The van der Waals surface area contributed by atoms with Gasteiger partial charge in [0, 0.05) is 17.8 Å². The van der Waals surface area contributed by atoms with Gasteiger partial charge in [-0.1, -0.05) is 32.0 Å². The largest absolute Gasteiger partial charge is 0.309 e. The summed E-state index contributed by atoms with van der Waals surface area (Å²) in [5.41, 5.74) is 2.24. The number of benzene rings is 1. The lowest BCUT2D eigenvalue weighted by Gasteiger charge is -2.43. The van der Waals surface area contributed by atoms with Crippen LogP contribution in [0.4, 0.5) is 5.69 Å². The summed E-state index contributed by atoms with van der Waals surface area (Å²) in [6, 6.07) is 8.09. The molecule has 1 aromatic rings. The molecule has 1 amide bonds. The molecule has 0 radical (unpaired) electrons. The second-order valence-electron chi connectivity index (χ2n) is 6.39. The second-order valence-corrected chi connectivity index (χ2v) is 6.39. The van der Waals surface area contributed by atoms with E-state index in [0.29, 0.717) is 12.5 Å². The normalized spacial score (nSPS) is 22.9. The van der Waals surface area contributed by atoms with Gasteiger partial charge in [-0.2, -0.15) is 0 Å². The molecule has 0 aliphatic carbocycles. The SMILES string of the molecule is CC1NC(C)(C)CN(c2ccccc2C(C)C)C1=O. The van der Waals surface area contributed by atoms with Gasteiger partial charge in [0.1, 0.15) is 0 Å². The van der Waals surface area contributed by atoms with Crippen molar-refractivity contribution in [3.63, 3.8) is 0 Å². The lowest BCUT2D eigenvalue weighted by Crippen LogP contribution is -2.64. The van der Waals surface area contributed by atoms with E-state index in [1.165, 1.54) is 5.56 Å². The third-order valence-electron chi connectivity index (χ3n) is 3.65. The maximum atomic E-state index is 12.5. The van der Waals surface area contributed by atoms with E-state index in [4.69, 9.17) is 0 Å². The van der Waals surface area contributed by atoms with Gasteiger partial charge in [0.25, 0.3) is 0 Å². The number of anilines is 1. The molecule has 19 heavy (non-hydrogen) atoms. The fraction of sp³-hybridized carbons (Fsp3) is 0.562. The monoisotopic (exact) mass is 260 g/mol. The Kier molecular flexibility index (Phi) is 3.68. The zero-order valence-electron chi connectivity index (χ0n) is 12.5. The fourth-order valence-electron chi connectivity index (χ4n) is 2.83. The van der Waals surface area contributed by atoms with Crippen molar-refractivity contribution < 1.29 is 4.79 Å². The Bertz CT molecular complexity index is 479. The lowest BCUT2D eigenvalue weighted by molar-refractivity contribution is -0.122. The number of hydrogen-bond acceptors (Lipinski definition) is 2. The van der Waals surface area contributed by atoms with E-state index in [2.05, 4.69) is 45.1 Å². The van der Waals surface area contributed by atoms with Crippen molar-refractivity contribution in [1.29, 1.82) is 0 Å². The number of carbonyl (C=O) groups excluding carboxylic acids is 1. The van der Waals surface area contributed by atoms with Gasteiger partial charge >= 0.3 is 0 Å². The summed E-state index contributed by atoms with van der Waals surface area (Å²) in [5, 5.41) is 3.36. The Morgan fingerprint density at radius 3 is 2.58 bits per heavy atom. The Labute approximate surface area is 116 Å². The highest BCUT2D eigenvalue weighted by molar-refractivity contribution is 5.98. The molecule has 2 rings (SSSR count). The van der Waals surface area contributed by atoms with Crippen LogP contribution >= 0.6 is 0 Å². The Hall–Kier alpha value is -1.35. The number of rotatable bonds is 2. The summed E-state index contributed by atoms with van der Waals surface area (Å²) in [6.45, 7) is 11.3. The minimum Gasteiger partial charge on any atom is -0.309 e. The first kappa shape index (κ1) is 14.1. The van der Waals surface area contributed by atoms with E-state index in [0.717, 1.165) is 5.69 Å². The summed E-state index contributed by atoms with van der Waals surface area (Å²) < 4.78 is 0. The van der Waals surface area contributed by atoms with E-state index in [9.17, 15) is 4.79 Å². The number of amides is 1. The first-order valence-electron chi connectivity index (χ1n) is 7.00. The Morgan fingerprint density at radius 1 is 1.32 bits per heavy atom. The first-order chi connectivity index (χ1) is 8.82. The van der Waals surface area contributed by atoms with Crippen LogP contribution in [0.1, 0.15) is 46.1 Å². The van der Waals surface area contributed by atoms with Crippen molar-refractivity contribution in [2.24, 2.45) is 0 Å². The Morgan fingerprint density at radius 2 is 1.95 bits per heavy atom. The molecule has 3 heteroatoms. The number of para-hydroxylation sites is 1. The van der Waals surface area contributed by atoms with Crippen LogP contribution in [0.3, 0.4) is 0 Å². The summed E-state index contributed by atoms with van der Waals surface area (Å²) >= 11 is 0. The van der Waals surface area contributed by atoms with Gasteiger partial charge in [0.2, 0.25) is 5.91 Å². The van der Waals surface area contributed by atoms with E-state index in [-0.39, 0.29) is 17.5 Å². The lowest BCUT2D eigenvalue weighted by atomic mass is 9.95. The number of hydrogen-bond donors (Lipinski definition) is 1. The highest BCUT2D eigenvalue weighted by Gasteiger charge is 2.37. The quantitative estimate of drug-likeness (QED) is 0.886. The van der Waals surface area contributed by atoms with Gasteiger partial charge in [-0.3, -0.25) is 10.1 Å². The van der Waals surface area contributed by atoms with Crippen LogP contribution in [0.15, 0.2) is 24.3 Å². The molecule has 1 atom stereocenters. The molecule has 1 heterocycles.